The number of aliphatic hydroxyl groups is 1. The molecule has 27 heavy (non-hydrogen) atoms. The van der Waals surface area contributed by atoms with Gasteiger partial charge in [-0.2, -0.15) is 13.2 Å². The van der Waals surface area contributed by atoms with Crippen LogP contribution < -0.4 is 0 Å². The standard InChI is InChI=1S/C20H20F4N2O/c1-18(27,10-16-9-13-11-25-8-7-17(13)26-16)12-19(2,20(22,23)24)14-3-5-15(21)6-4-14/h3-9,11,26-27H,10,12H2,1-2H3. The van der Waals surface area contributed by atoms with E-state index in [1.807, 2.05) is 0 Å². The van der Waals surface area contributed by atoms with Gasteiger partial charge in [-0.05, 0) is 50.1 Å². The molecular formula is C20H20F4N2O. The molecule has 3 rings (SSSR count). The lowest BCUT2D eigenvalue weighted by Gasteiger charge is -2.38. The van der Waals surface area contributed by atoms with Crippen LogP contribution in [0.4, 0.5) is 17.6 Å². The Morgan fingerprint density at radius 3 is 2.33 bits per heavy atom. The summed E-state index contributed by atoms with van der Waals surface area (Å²) in [5, 5.41) is 11.6. The van der Waals surface area contributed by atoms with E-state index in [9.17, 15) is 22.7 Å². The van der Waals surface area contributed by atoms with Crippen LogP contribution in [0.1, 0.15) is 31.5 Å². The van der Waals surface area contributed by atoms with Gasteiger partial charge < -0.3 is 10.1 Å². The topological polar surface area (TPSA) is 48.9 Å². The van der Waals surface area contributed by atoms with E-state index in [2.05, 4.69) is 9.97 Å². The highest BCUT2D eigenvalue weighted by Gasteiger charge is 2.54. The summed E-state index contributed by atoms with van der Waals surface area (Å²) in [6, 6.07) is 7.75. The number of hydrogen-bond acceptors (Lipinski definition) is 2. The quantitative estimate of drug-likeness (QED) is 0.618. The smallest absolute Gasteiger partial charge is 0.390 e. The first-order valence-electron chi connectivity index (χ1n) is 8.47. The average Bonchev–Trinajstić information content (AvgIpc) is 2.95. The van der Waals surface area contributed by atoms with Crippen molar-refractivity contribution in [3.63, 3.8) is 0 Å². The average molecular weight is 380 g/mol. The summed E-state index contributed by atoms with van der Waals surface area (Å²) in [4.78, 5) is 7.09. The van der Waals surface area contributed by atoms with Crippen LogP contribution >= 0.6 is 0 Å². The normalized spacial score (nSPS) is 16.9. The maximum absolute atomic E-state index is 13.9. The van der Waals surface area contributed by atoms with Crippen LogP contribution in [0.25, 0.3) is 10.9 Å². The number of pyridine rings is 1. The molecule has 0 saturated carbocycles. The summed E-state index contributed by atoms with van der Waals surface area (Å²) in [6.45, 7) is 2.41. The molecule has 0 saturated heterocycles. The summed E-state index contributed by atoms with van der Waals surface area (Å²) >= 11 is 0. The van der Waals surface area contributed by atoms with Gasteiger partial charge in [-0.25, -0.2) is 4.39 Å². The number of aromatic amines is 1. The third-order valence-corrected chi connectivity index (χ3v) is 4.89. The third-order valence-electron chi connectivity index (χ3n) is 4.89. The maximum Gasteiger partial charge on any atom is 0.398 e. The van der Waals surface area contributed by atoms with Crippen LogP contribution in [0.2, 0.25) is 0 Å². The molecule has 2 heterocycles. The van der Waals surface area contributed by atoms with Crippen molar-refractivity contribution in [2.24, 2.45) is 0 Å². The van der Waals surface area contributed by atoms with Crippen LogP contribution in [-0.2, 0) is 11.8 Å². The minimum atomic E-state index is -4.61. The molecule has 1 aromatic carbocycles. The van der Waals surface area contributed by atoms with Crippen molar-refractivity contribution in [2.45, 2.75) is 43.9 Å². The van der Waals surface area contributed by atoms with E-state index in [0.717, 1.165) is 42.1 Å². The van der Waals surface area contributed by atoms with Gasteiger partial charge >= 0.3 is 6.18 Å². The largest absolute Gasteiger partial charge is 0.398 e. The second kappa shape index (κ2) is 6.64. The Bertz CT molecular complexity index is 898. The van der Waals surface area contributed by atoms with Crippen LogP contribution in [-0.4, -0.2) is 26.9 Å². The predicted molar refractivity (Wildman–Crippen MR) is 94.8 cm³/mol. The molecule has 2 unspecified atom stereocenters. The molecule has 0 aliphatic carbocycles. The first-order valence-corrected chi connectivity index (χ1v) is 8.47. The fourth-order valence-electron chi connectivity index (χ4n) is 3.55. The van der Waals surface area contributed by atoms with Crippen LogP contribution in [0, 0.1) is 5.82 Å². The van der Waals surface area contributed by atoms with E-state index in [4.69, 9.17) is 0 Å². The summed E-state index contributed by atoms with van der Waals surface area (Å²) in [7, 11) is 0. The van der Waals surface area contributed by atoms with Crippen LogP contribution in [0.15, 0.2) is 48.8 Å². The number of hydrogen-bond donors (Lipinski definition) is 2. The van der Waals surface area contributed by atoms with Crippen molar-refractivity contribution in [1.29, 1.82) is 0 Å². The van der Waals surface area contributed by atoms with Gasteiger partial charge in [0, 0.05) is 35.4 Å². The Kier molecular flexibility index (Phi) is 4.76. The van der Waals surface area contributed by atoms with Crippen molar-refractivity contribution in [3.8, 4) is 0 Å². The summed E-state index contributed by atoms with van der Waals surface area (Å²) in [5.41, 5.74) is -2.64. The fraction of sp³-hybridized carbons (Fsp3) is 0.350. The SMILES string of the molecule is CC(O)(Cc1cc2cnccc2[nH]1)CC(C)(c1ccc(F)cc1)C(F)(F)F. The molecule has 0 fully saturated rings. The van der Waals surface area contributed by atoms with E-state index in [1.54, 1.807) is 24.5 Å². The molecular weight excluding hydrogens is 360 g/mol. The molecule has 2 aromatic heterocycles. The molecule has 0 bridgehead atoms. The minimum Gasteiger partial charge on any atom is -0.390 e. The number of nitrogens with one attached hydrogen (secondary N) is 1. The van der Waals surface area contributed by atoms with Gasteiger partial charge in [-0.15, -0.1) is 0 Å². The van der Waals surface area contributed by atoms with E-state index in [-0.39, 0.29) is 12.0 Å². The van der Waals surface area contributed by atoms with Gasteiger partial charge in [0.25, 0.3) is 0 Å². The van der Waals surface area contributed by atoms with Gasteiger partial charge in [-0.1, -0.05) is 12.1 Å². The van der Waals surface area contributed by atoms with E-state index in [0.29, 0.717) is 5.69 Å². The lowest BCUT2D eigenvalue weighted by Crippen LogP contribution is -2.46. The second-order valence-corrected chi connectivity index (χ2v) is 7.44. The Hall–Kier alpha value is -2.41. The van der Waals surface area contributed by atoms with Gasteiger partial charge in [-0.3, -0.25) is 4.98 Å². The Morgan fingerprint density at radius 1 is 1.07 bits per heavy atom. The number of fused-ring (bicyclic) bond motifs is 1. The first kappa shape index (κ1) is 19.4. The number of H-pyrrole nitrogens is 1. The highest BCUT2D eigenvalue weighted by atomic mass is 19.4. The Labute approximate surface area is 154 Å². The van der Waals surface area contributed by atoms with E-state index < -0.39 is 29.4 Å². The molecule has 2 atom stereocenters. The summed E-state index contributed by atoms with van der Waals surface area (Å²) in [5.74, 6) is -0.610. The molecule has 0 radical (unpaired) electrons. The summed E-state index contributed by atoms with van der Waals surface area (Å²) in [6.07, 6.45) is -1.92. The van der Waals surface area contributed by atoms with Gasteiger partial charge in [0.05, 0.1) is 11.0 Å². The number of nitrogens with zero attached hydrogens (tertiary/aromatic N) is 1. The molecule has 0 aliphatic rings. The van der Waals surface area contributed by atoms with Crippen molar-refractivity contribution in [3.05, 3.63) is 65.9 Å². The number of benzene rings is 1. The molecule has 7 heteroatoms. The lowest BCUT2D eigenvalue weighted by atomic mass is 9.72. The first-order chi connectivity index (χ1) is 12.5. The minimum absolute atomic E-state index is 0.00848. The van der Waals surface area contributed by atoms with Crippen molar-refractivity contribution >= 4 is 10.9 Å². The van der Waals surface area contributed by atoms with Crippen LogP contribution in [0.3, 0.4) is 0 Å². The van der Waals surface area contributed by atoms with Gasteiger partial charge in [0.1, 0.15) is 5.82 Å². The zero-order chi connectivity index (χ0) is 19.9. The number of rotatable bonds is 5. The van der Waals surface area contributed by atoms with Crippen molar-refractivity contribution in [2.75, 3.05) is 0 Å². The Balaban J connectivity index is 1.90. The molecule has 3 aromatic rings. The lowest BCUT2D eigenvalue weighted by molar-refractivity contribution is -0.199. The molecule has 0 aliphatic heterocycles. The predicted octanol–water partition coefficient (Wildman–Crippen LogP) is 4.91. The zero-order valence-corrected chi connectivity index (χ0v) is 14.9. The second-order valence-electron chi connectivity index (χ2n) is 7.44. The monoisotopic (exact) mass is 380 g/mol. The third kappa shape index (κ3) is 3.98. The molecule has 0 amide bonds. The van der Waals surface area contributed by atoms with E-state index >= 15 is 0 Å². The summed E-state index contributed by atoms with van der Waals surface area (Å²) < 4.78 is 54.9. The number of halogens is 4. The Morgan fingerprint density at radius 2 is 1.74 bits per heavy atom. The van der Waals surface area contributed by atoms with Crippen molar-refractivity contribution in [1.82, 2.24) is 9.97 Å². The number of aromatic nitrogens is 2. The highest BCUT2D eigenvalue weighted by molar-refractivity contribution is 5.79. The fourth-order valence-corrected chi connectivity index (χ4v) is 3.55. The van der Waals surface area contributed by atoms with Gasteiger partial charge in [0.2, 0.25) is 0 Å². The highest BCUT2D eigenvalue weighted by Crippen LogP contribution is 2.46. The van der Waals surface area contributed by atoms with E-state index in [1.165, 1.54) is 6.92 Å². The molecule has 0 spiro atoms. The maximum atomic E-state index is 13.9. The molecule has 3 nitrogen and oxygen atoms in total. The molecule has 2 N–H and O–H groups in total. The zero-order valence-electron chi connectivity index (χ0n) is 14.9. The van der Waals surface area contributed by atoms with Crippen LogP contribution in [0.5, 0.6) is 0 Å². The van der Waals surface area contributed by atoms with Crippen molar-refractivity contribution < 1.29 is 22.7 Å². The number of alkyl halides is 3. The molecule has 144 valence electrons. The van der Waals surface area contributed by atoms with Gasteiger partial charge in [0.15, 0.2) is 0 Å².